The van der Waals surface area contributed by atoms with Crippen LogP contribution < -0.4 is 0 Å². The van der Waals surface area contributed by atoms with Crippen LogP contribution in [-0.4, -0.2) is 37.7 Å². The SMILES string of the molecule is COCCOC(C)(CCCCC=O)OO. The summed E-state index contributed by atoms with van der Waals surface area (Å²) in [5, 5.41) is 8.71. The predicted molar refractivity (Wildman–Crippen MR) is 54.5 cm³/mol. The lowest BCUT2D eigenvalue weighted by molar-refractivity contribution is -0.400. The van der Waals surface area contributed by atoms with E-state index in [2.05, 4.69) is 4.89 Å². The highest BCUT2D eigenvalue weighted by atomic mass is 17.1. The lowest BCUT2D eigenvalue weighted by Gasteiger charge is -2.25. The molecule has 0 radical (unpaired) electrons. The van der Waals surface area contributed by atoms with Crippen LogP contribution in [0.5, 0.6) is 0 Å². The molecule has 1 atom stereocenters. The van der Waals surface area contributed by atoms with Crippen molar-refractivity contribution in [3.8, 4) is 0 Å². The molecule has 0 bridgehead atoms. The highest BCUT2D eigenvalue weighted by Crippen LogP contribution is 2.19. The third kappa shape index (κ3) is 7.44. The number of hydrogen-bond acceptors (Lipinski definition) is 5. The second-order valence-electron chi connectivity index (χ2n) is 3.48. The first kappa shape index (κ1) is 14.5. The van der Waals surface area contributed by atoms with Gasteiger partial charge in [0.25, 0.3) is 0 Å². The highest BCUT2D eigenvalue weighted by molar-refractivity contribution is 5.48. The molecular weight excluding hydrogens is 200 g/mol. The topological polar surface area (TPSA) is 65.0 Å². The Bertz CT molecular complexity index is 162. The maximum absolute atomic E-state index is 10.1. The van der Waals surface area contributed by atoms with Gasteiger partial charge in [0.2, 0.25) is 0 Å². The van der Waals surface area contributed by atoms with Crippen LogP contribution in [0.4, 0.5) is 0 Å². The number of methoxy groups -OCH3 is 1. The van der Waals surface area contributed by atoms with Gasteiger partial charge in [-0.05, 0) is 19.8 Å². The van der Waals surface area contributed by atoms with Crippen LogP contribution in [0.15, 0.2) is 0 Å². The molecule has 0 aliphatic rings. The smallest absolute Gasteiger partial charge is 0.198 e. The van der Waals surface area contributed by atoms with Crippen molar-refractivity contribution >= 4 is 6.29 Å². The second kappa shape index (κ2) is 8.79. The fraction of sp³-hybridized carbons (Fsp3) is 0.900. The van der Waals surface area contributed by atoms with Crippen LogP contribution in [-0.2, 0) is 19.2 Å². The van der Waals surface area contributed by atoms with Gasteiger partial charge < -0.3 is 14.3 Å². The molecule has 0 amide bonds. The van der Waals surface area contributed by atoms with E-state index in [1.54, 1.807) is 14.0 Å². The maximum Gasteiger partial charge on any atom is 0.198 e. The Balaban J connectivity index is 3.69. The van der Waals surface area contributed by atoms with Crippen molar-refractivity contribution in [3.05, 3.63) is 0 Å². The van der Waals surface area contributed by atoms with Gasteiger partial charge in [-0.1, -0.05) is 0 Å². The van der Waals surface area contributed by atoms with Crippen molar-refractivity contribution in [3.63, 3.8) is 0 Å². The fourth-order valence-corrected chi connectivity index (χ4v) is 1.16. The Hall–Kier alpha value is -0.490. The summed E-state index contributed by atoms with van der Waals surface area (Å²) in [5.41, 5.74) is 0. The van der Waals surface area contributed by atoms with Gasteiger partial charge in [0.1, 0.15) is 6.29 Å². The molecule has 0 fully saturated rings. The highest BCUT2D eigenvalue weighted by Gasteiger charge is 2.25. The van der Waals surface area contributed by atoms with Crippen LogP contribution in [0.1, 0.15) is 32.6 Å². The minimum Gasteiger partial charge on any atom is -0.382 e. The van der Waals surface area contributed by atoms with Crippen molar-refractivity contribution in [2.75, 3.05) is 20.3 Å². The molecule has 0 aliphatic heterocycles. The maximum atomic E-state index is 10.1. The summed E-state index contributed by atoms with van der Waals surface area (Å²) >= 11 is 0. The van der Waals surface area contributed by atoms with E-state index in [1.165, 1.54) is 0 Å². The van der Waals surface area contributed by atoms with Crippen LogP contribution in [0.3, 0.4) is 0 Å². The van der Waals surface area contributed by atoms with E-state index in [-0.39, 0.29) is 0 Å². The largest absolute Gasteiger partial charge is 0.382 e. The zero-order valence-electron chi connectivity index (χ0n) is 9.40. The lowest BCUT2D eigenvalue weighted by atomic mass is 10.1. The molecule has 0 aromatic carbocycles. The number of carbonyl (C=O) groups excluding carboxylic acids is 1. The van der Waals surface area contributed by atoms with E-state index >= 15 is 0 Å². The molecule has 0 aliphatic carbocycles. The van der Waals surface area contributed by atoms with Crippen molar-refractivity contribution in [2.45, 2.75) is 38.4 Å². The minimum absolute atomic E-state index is 0.362. The molecule has 0 saturated heterocycles. The molecule has 1 N–H and O–H groups in total. The second-order valence-corrected chi connectivity index (χ2v) is 3.48. The van der Waals surface area contributed by atoms with Crippen molar-refractivity contribution in [2.24, 2.45) is 0 Å². The molecule has 0 aromatic rings. The van der Waals surface area contributed by atoms with Crippen LogP contribution >= 0.6 is 0 Å². The summed E-state index contributed by atoms with van der Waals surface area (Å²) < 4.78 is 10.1. The Morgan fingerprint density at radius 3 is 2.60 bits per heavy atom. The number of unbranched alkanes of at least 4 members (excludes halogenated alkanes) is 2. The minimum atomic E-state index is -0.999. The van der Waals surface area contributed by atoms with Crippen molar-refractivity contribution in [1.82, 2.24) is 0 Å². The van der Waals surface area contributed by atoms with Gasteiger partial charge in [-0.25, -0.2) is 10.1 Å². The third-order valence-electron chi connectivity index (χ3n) is 2.09. The van der Waals surface area contributed by atoms with E-state index < -0.39 is 5.79 Å². The van der Waals surface area contributed by atoms with Gasteiger partial charge in [-0.2, -0.15) is 0 Å². The van der Waals surface area contributed by atoms with E-state index in [4.69, 9.17) is 14.7 Å². The Labute approximate surface area is 90.2 Å². The average Bonchev–Trinajstić information content (AvgIpc) is 2.25. The van der Waals surface area contributed by atoms with Gasteiger partial charge >= 0.3 is 0 Å². The molecule has 1 unspecified atom stereocenters. The van der Waals surface area contributed by atoms with E-state index in [9.17, 15) is 4.79 Å². The summed E-state index contributed by atoms with van der Waals surface area (Å²) in [6.45, 7) is 2.47. The standard InChI is InChI=1S/C10H20O5/c1-10(15-12,14-9-8-13-2)6-4-3-5-7-11/h7,12H,3-6,8-9H2,1-2H3. The van der Waals surface area contributed by atoms with Crippen LogP contribution in [0.25, 0.3) is 0 Å². The normalized spacial score (nSPS) is 14.9. The molecule has 0 aromatic heterocycles. The molecule has 0 spiro atoms. The molecule has 0 heterocycles. The quantitative estimate of drug-likeness (QED) is 0.199. The van der Waals surface area contributed by atoms with Crippen molar-refractivity contribution < 1.29 is 24.4 Å². The summed E-state index contributed by atoms with van der Waals surface area (Å²) in [6.07, 6.45) is 3.49. The molecule has 5 heteroatoms. The molecule has 90 valence electrons. The lowest BCUT2D eigenvalue weighted by Crippen LogP contribution is -2.32. The molecule has 15 heavy (non-hydrogen) atoms. The van der Waals surface area contributed by atoms with Gasteiger partial charge in [0.15, 0.2) is 5.79 Å². The zero-order valence-corrected chi connectivity index (χ0v) is 9.40. The van der Waals surface area contributed by atoms with E-state index in [0.29, 0.717) is 26.1 Å². The molecule has 0 rings (SSSR count). The summed E-state index contributed by atoms with van der Waals surface area (Å²) in [6, 6.07) is 0. The number of carbonyl (C=O) groups is 1. The first-order valence-electron chi connectivity index (χ1n) is 5.07. The third-order valence-corrected chi connectivity index (χ3v) is 2.09. The summed E-state index contributed by atoms with van der Waals surface area (Å²) in [7, 11) is 1.57. The number of aldehydes is 1. The van der Waals surface area contributed by atoms with Gasteiger partial charge in [-0.3, -0.25) is 0 Å². The van der Waals surface area contributed by atoms with Gasteiger partial charge in [-0.15, -0.1) is 0 Å². The summed E-state index contributed by atoms with van der Waals surface area (Å²) in [5.74, 6) is -0.999. The average molecular weight is 220 g/mol. The monoisotopic (exact) mass is 220 g/mol. The first-order chi connectivity index (χ1) is 7.18. The number of hydrogen-bond donors (Lipinski definition) is 1. The number of ether oxygens (including phenoxy) is 2. The fourth-order valence-electron chi connectivity index (χ4n) is 1.16. The van der Waals surface area contributed by atoms with Crippen LogP contribution in [0.2, 0.25) is 0 Å². The zero-order chi connectivity index (χ0) is 11.6. The predicted octanol–water partition coefficient (Wildman–Crippen LogP) is 1.61. The Kier molecular flexibility index (Phi) is 8.50. The van der Waals surface area contributed by atoms with Crippen molar-refractivity contribution in [1.29, 1.82) is 0 Å². The Morgan fingerprint density at radius 1 is 1.33 bits per heavy atom. The van der Waals surface area contributed by atoms with Gasteiger partial charge in [0, 0.05) is 20.0 Å². The first-order valence-corrected chi connectivity index (χ1v) is 5.07. The summed E-state index contributed by atoms with van der Waals surface area (Å²) in [4.78, 5) is 14.4. The molecule has 5 nitrogen and oxygen atoms in total. The molecule has 0 saturated carbocycles. The van der Waals surface area contributed by atoms with E-state index in [0.717, 1.165) is 19.1 Å². The van der Waals surface area contributed by atoms with Crippen LogP contribution in [0, 0.1) is 0 Å². The molecular formula is C10H20O5. The Morgan fingerprint density at radius 2 is 2.07 bits per heavy atom. The number of rotatable bonds is 10. The van der Waals surface area contributed by atoms with Gasteiger partial charge in [0.05, 0.1) is 13.2 Å². The van der Waals surface area contributed by atoms with E-state index in [1.807, 2.05) is 0 Å².